The second-order valence-corrected chi connectivity index (χ2v) is 10.6. The highest BCUT2D eigenvalue weighted by atomic mass is 19.1. The summed E-state index contributed by atoms with van der Waals surface area (Å²) in [6.45, 7) is 0.632. The van der Waals surface area contributed by atoms with Crippen molar-refractivity contribution in [2.75, 3.05) is 39.9 Å². The average Bonchev–Trinajstić information content (AvgIpc) is 3.44. The Balaban J connectivity index is 0.00000148. The summed E-state index contributed by atoms with van der Waals surface area (Å²) < 4.78 is 26.3. The number of hydrogen-bond acceptors (Lipinski definition) is 7. The SMILES string of the molecule is COc1cc(F)ccc1C(=O)N1C[C@@H]2NC(=O)CN(C(=O)Cn3ccccc3=O)CCCCOc3cccc(c3)[C@H]2C1.O=CO. The van der Waals surface area contributed by atoms with Gasteiger partial charge < -0.3 is 34.3 Å². The maximum atomic E-state index is 13.8. The lowest BCUT2D eigenvalue weighted by Gasteiger charge is -2.26. The van der Waals surface area contributed by atoms with Crippen LogP contribution in [0.15, 0.2) is 71.7 Å². The Kier molecular flexibility index (Phi) is 11.3. The lowest BCUT2D eigenvalue weighted by atomic mass is 9.94. The summed E-state index contributed by atoms with van der Waals surface area (Å²) in [5.41, 5.74) is 0.816. The number of ether oxygens (including phenoxy) is 2. The van der Waals surface area contributed by atoms with Gasteiger partial charge in [-0.1, -0.05) is 18.2 Å². The molecule has 0 spiro atoms. The van der Waals surface area contributed by atoms with Crippen molar-refractivity contribution in [2.45, 2.75) is 31.3 Å². The van der Waals surface area contributed by atoms with Crippen molar-refractivity contribution in [1.29, 1.82) is 0 Å². The number of benzene rings is 2. The predicted octanol–water partition coefficient (Wildman–Crippen LogP) is 2.12. The Bertz CT molecular complexity index is 1580. The average molecular weight is 623 g/mol. The minimum atomic E-state index is -0.516. The van der Waals surface area contributed by atoms with Crippen molar-refractivity contribution in [3.05, 3.63) is 94.2 Å². The normalized spacial score (nSPS) is 18.2. The van der Waals surface area contributed by atoms with Crippen LogP contribution in [0, 0.1) is 5.82 Å². The van der Waals surface area contributed by atoms with E-state index in [1.165, 1.54) is 41.0 Å². The first-order chi connectivity index (χ1) is 21.7. The fourth-order valence-corrected chi connectivity index (χ4v) is 5.45. The summed E-state index contributed by atoms with van der Waals surface area (Å²) in [5.74, 6) is -1.03. The Morgan fingerprint density at radius 1 is 1.07 bits per heavy atom. The van der Waals surface area contributed by atoms with Gasteiger partial charge in [-0.2, -0.15) is 0 Å². The molecule has 3 amide bonds. The van der Waals surface area contributed by atoms with Gasteiger partial charge in [-0.05, 0) is 48.7 Å². The molecule has 3 aromatic rings. The Morgan fingerprint density at radius 3 is 2.62 bits per heavy atom. The minimum absolute atomic E-state index is 0.129. The van der Waals surface area contributed by atoms with Crippen LogP contribution in [0.25, 0.3) is 0 Å². The molecule has 0 saturated carbocycles. The molecule has 2 aliphatic heterocycles. The maximum absolute atomic E-state index is 13.8. The molecule has 238 valence electrons. The molecular weight excluding hydrogens is 587 g/mol. The molecule has 12 nitrogen and oxygen atoms in total. The molecular formula is C32H35FN4O8. The molecule has 1 saturated heterocycles. The van der Waals surface area contributed by atoms with E-state index < -0.39 is 11.9 Å². The summed E-state index contributed by atoms with van der Waals surface area (Å²) in [4.78, 5) is 63.7. The minimum Gasteiger partial charge on any atom is -0.496 e. The van der Waals surface area contributed by atoms with Crippen LogP contribution in [0.3, 0.4) is 0 Å². The van der Waals surface area contributed by atoms with Crippen LogP contribution >= 0.6 is 0 Å². The number of fused-ring (bicyclic) bond motifs is 4. The molecule has 2 N–H and O–H groups in total. The number of carbonyl (C=O) groups is 4. The molecule has 3 heterocycles. The molecule has 45 heavy (non-hydrogen) atoms. The van der Waals surface area contributed by atoms with E-state index in [9.17, 15) is 23.6 Å². The molecule has 2 aliphatic rings. The maximum Gasteiger partial charge on any atom is 0.290 e. The fourth-order valence-electron chi connectivity index (χ4n) is 5.45. The standard InChI is InChI=1S/C31H33FN4O6.CH2O2/c1-41-27-16-22(32)10-11-24(27)31(40)36-17-25-21-7-6-8-23(15-21)42-14-5-4-13-34(19-28(37)33-26(25)18-36)30(39)20-35-12-3-2-9-29(35)38;2-1-3/h2-3,6-12,15-16,25-26H,4-5,13-14,17-20H2,1H3,(H,33,37);1H,(H,2,3)/t25-,26+;/m1./s1. The summed E-state index contributed by atoms with van der Waals surface area (Å²) in [6, 6.07) is 15.6. The molecule has 2 atom stereocenters. The molecule has 2 aromatic carbocycles. The zero-order valence-electron chi connectivity index (χ0n) is 24.8. The smallest absolute Gasteiger partial charge is 0.290 e. The number of likely N-dealkylation sites (tertiary alicyclic amines) is 1. The second-order valence-electron chi connectivity index (χ2n) is 10.6. The molecule has 5 rings (SSSR count). The van der Waals surface area contributed by atoms with Crippen molar-refractivity contribution in [3.63, 3.8) is 0 Å². The van der Waals surface area contributed by atoms with Crippen LogP contribution in [0.5, 0.6) is 11.5 Å². The predicted molar refractivity (Wildman–Crippen MR) is 161 cm³/mol. The molecule has 0 unspecified atom stereocenters. The van der Waals surface area contributed by atoms with Gasteiger partial charge in [0.2, 0.25) is 11.8 Å². The molecule has 1 aromatic heterocycles. The first kappa shape index (κ1) is 32.7. The topological polar surface area (TPSA) is 147 Å². The number of amides is 3. The van der Waals surface area contributed by atoms with Gasteiger partial charge in [0.05, 0.1) is 31.9 Å². The fraction of sp³-hybridized carbons (Fsp3) is 0.344. The third-order valence-electron chi connectivity index (χ3n) is 7.62. The Hall–Kier alpha value is -5.20. The third kappa shape index (κ3) is 8.46. The highest BCUT2D eigenvalue weighted by Crippen LogP contribution is 2.32. The van der Waals surface area contributed by atoms with E-state index in [4.69, 9.17) is 19.4 Å². The van der Waals surface area contributed by atoms with Crippen molar-refractivity contribution in [2.24, 2.45) is 0 Å². The van der Waals surface area contributed by atoms with Crippen LogP contribution in [-0.4, -0.2) is 89.6 Å². The first-order valence-electron chi connectivity index (χ1n) is 14.4. The quantitative estimate of drug-likeness (QED) is 0.421. The third-order valence-corrected chi connectivity index (χ3v) is 7.62. The summed E-state index contributed by atoms with van der Waals surface area (Å²) in [5, 5.41) is 9.94. The molecule has 13 heteroatoms. The Morgan fingerprint density at radius 2 is 1.87 bits per heavy atom. The molecule has 2 bridgehead atoms. The largest absolute Gasteiger partial charge is 0.496 e. The highest BCUT2D eigenvalue weighted by molar-refractivity contribution is 5.97. The van der Waals surface area contributed by atoms with Gasteiger partial charge in [-0.3, -0.25) is 24.0 Å². The van der Waals surface area contributed by atoms with Gasteiger partial charge in [0, 0.05) is 43.9 Å². The van der Waals surface area contributed by atoms with Gasteiger partial charge >= 0.3 is 0 Å². The van der Waals surface area contributed by atoms with Gasteiger partial charge in [0.15, 0.2) is 0 Å². The van der Waals surface area contributed by atoms with Crippen LogP contribution in [-0.2, 0) is 20.9 Å². The van der Waals surface area contributed by atoms with Crippen LogP contribution in [0.1, 0.15) is 34.7 Å². The van der Waals surface area contributed by atoms with E-state index in [0.717, 1.165) is 11.6 Å². The number of carboxylic acid groups (broad SMARTS) is 1. The number of nitrogens with zero attached hydrogens (tertiary/aromatic N) is 3. The number of nitrogens with one attached hydrogen (secondary N) is 1. The number of hydrogen-bond donors (Lipinski definition) is 2. The zero-order valence-corrected chi connectivity index (χ0v) is 24.8. The van der Waals surface area contributed by atoms with Gasteiger partial charge in [0.1, 0.15) is 23.9 Å². The lowest BCUT2D eigenvalue weighted by molar-refractivity contribution is -0.137. The number of halogens is 1. The summed E-state index contributed by atoms with van der Waals surface area (Å²) >= 11 is 0. The number of rotatable bonds is 4. The van der Waals surface area contributed by atoms with Gasteiger partial charge in [0.25, 0.3) is 17.9 Å². The number of pyridine rings is 1. The zero-order chi connectivity index (χ0) is 32.3. The summed E-state index contributed by atoms with van der Waals surface area (Å²) in [7, 11) is 1.38. The second kappa shape index (κ2) is 15.5. The van der Waals surface area contributed by atoms with Gasteiger partial charge in [-0.15, -0.1) is 0 Å². The Labute approximate surface area is 259 Å². The van der Waals surface area contributed by atoms with Crippen LogP contribution in [0.4, 0.5) is 4.39 Å². The summed E-state index contributed by atoms with van der Waals surface area (Å²) in [6.07, 6.45) is 2.81. The van der Waals surface area contributed by atoms with E-state index in [0.29, 0.717) is 38.3 Å². The van der Waals surface area contributed by atoms with E-state index >= 15 is 0 Å². The lowest BCUT2D eigenvalue weighted by Crippen LogP contribution is -2.48. The van der Waals surface area contributed by atoms with Crippen molar-refractivity contribution in [3.8, 4) is 11.5 Å². The van der Waals surface area contributed by atoms with E-state index in [2.05, 4.69) is 5.32 Å². The van der Waals surface area contributed by atoms with Crippen molar-refractivity contribution < 1.29 is 38.1 Å². The first-order valence-corrected chi connectivity index (χ1v) is 14.4. The van der Waals surface area contributed by atoms with Gasteiger partial charge in [-0.25, -0.2) is 4.39 Å². The van der Waals surface area contributed by atoms with Crippen LogP contribution < -0.4 is 20.3 Å². The van der Waals surface area contributed by atoms with E-state index in [1.54, 1.807) is 17.0 Å². The van der Waals surface area contributed by atoms with Crippen LogP contribution in [0.2, 0.25) is 0 Å². The van der Waals surface area contributed by atoms with E-state index in [1.807, 2.05) is 24.3 Å². The number of carbonyl (C=O) groups excluding carboxylic acids is 3. The number of methoxy groups -OCH3 is 1. The number of aromatic nitrogens is 1. The molecule has 1 fully saturated rings. The van der Waals surface area contributed by atoms with E-state index in [-0.39, 0.29) is 66.6 Å². The van der Waals surface area contributed by atoms with Crippen molar-refractivity contribution in [1.82, 2.24) is 19.7 Å². The molecule has 0 aliphatic carbocycles. The molecule has 0 radical (unpaired) electrons. The highest BCUT2D eigenvalue weighted by Gasteiger charge is 2.38. The monoisotopic (exact) mass is 622 g/mol. The van der Waals surface area contributed by atoms with Crippen molar-refractivity contribution >= 4 is 24.2 Å².